The number of thiophene rings is 1. The van der Waals surface area contributed by atoms with Crippen molar-refractivity contribution in [3.63, 3.8) is 0 Å². The van der Waals surface area contributed by atoms with Crippen LogP contribution in [0.15, 0.2) is 38.4 Å². The van der Waals surface area contributed by atoms with Crippen LogP contribution in [0.5, 0.6) is 0 Å². The van der Waals surface area contributed by atoms with Gasteiger partial charge < -0.3 is 4.90 Å². The van der Waals surface area contributed by atoms with Gasteiger partial charge in [0.2, 0.25) is 0 Å². The molecule has 4 rings (SSSR count). The van der Waals surface area contributed by atoms with Crippen LogP contribution in [0.3, 0.4) is 0 Å². The summed E-state index contributed by atoms with van der Waals surface area (Å²) in [5.41, 5.74) is 2.77. The first-order valence-corrected chi connectivity index (χ1v) is 10.5. The standard InChI is InChI=1S/C17H18N2S3/c1-3-4-13-16(19-7-6-18-17(19)22-13)11-9-14(20-2)12-5-8-21-15(12)10-11/h5,8-10H,3-4,6-7H2,1-2H3. The van der Waals surface area contributed by atoms with Crippen molar-refractivity contribution >= 4 is 55.8 Å². The summed E-state index contributed by atoms with van der Waals surface area (Å²) in [5.74, 6) is 0. The van der Waals surface area contributed by atoms with E-state index in [0.717, 1.165) is 19.5 Å². The van der Waals surface area contributed by atoms with E-state index in [9.17, 15) is 0 Å². The van der Waals surface area contributed by atoms with E-state index >= 15 is 0 Å². The van der Waals surface area contributed by atoms with Crippen LogP contribution < -0.4 is 0 Å². The molecule has 0 aliphatic carbocycles. The minimum Gasteiger partial charge on any atom is -0.318 e. The summed E-state index contributed by atoms with van der Waals surface area (Å²) in [5, 5.41) is 4.79. The van der Waals surface area contributed by atoms with Crippen molar-refractivity contribution in [1.29, 1.82) is 0 Å². The summed E-state index contributed by atoms with van der Waals surface area (Å²) in [6.07, 6.45) is 4.50. The maximum atomic E-state index is 4.66. The Hall–Kier alpha value is -0.910. The van der Waals surface area contributed by atoms with Crippen LogP contribution in [0.2, 0.25) is 0 Å². The molecule has 0 radical (unpaired) electrons. The first kappa shape index (κ1) is 14.7. The molecule has 0 fully saturated rings. The quantitative estimate of drug-likeness (QED) is 0.679. The van der Waals surface area contributed by atoms with E-state index in [1.807, 2.05) is 34.9 Å². The Kier molecular flexibility index (Phi) is 3.96. The highest BCUT2D eigenvalue weighted by atomic mass is 32.2. The van der Waals surface area contributed by atoms with Gasteiger partial charge in [0, 0.05) is 32.0 Å². The van der Waals surface area contributed by atoms with Gasteiger partial charge in [-0.05, 0) is 36.3 Å². The monoisotopic (exact) mass is 346 g/mol. The van der Waals surface area contributed by atoms with Crippen molar-refractivity contribution < 1.29 is 0 Å². The maximum Gasteiger partial charge on any atom is 0.168 e. The summed E-state index contributed by atoms with van der Waals surface area (Å²) < 4.78 is 1.39. The first-order valence-electron chi connectivity index (χ1n) is 7.60. The molecule has 0 unspecified atom stereocenters. The molecule has 114 valence electrons. The third kappa shape index (κ3) is 2.30. The summed E-state index contributed by atoms with van der Waals surface area (Å²) in [6.45, 7) is 4.22. The fourth-order valence-electron chi connectivity index (χ4n) is 3.09. The second kappa shape index (κ2) is 5.95. The number of thioether (sulfide) groups is 2. The minimum absolute atomic E-state index is 0.932. The Balaban J connectivity index is 1.88. The Bertz CT molecular complexity index is 788. The van der Waals surface area contributed by atoms with Gasteiger partial charge in [-0.3, -0.25) is 4.99 Å². The van der Waals surface area contributed by atoms with E-state index < -0.39 is 0 Å². The van der Waals surface area contributed by atoms with E-state index in [1.165, 1.54) is 42.7 Å². The van der Waals surface area contributed by atoms with Gasteiger partial charge in [0.15, 0.2) is 5.17 Å². The topological polar surface area (TPSA) is 15.6 Å². The van der Waals surface area contributed by atoms with Crippen molar-refractivity contribution in [3.8, 4) is 0 Å². The fourth-order valence-corrected chi connectivity index (χ4v) is 5.95. The Morgan fingerprint density at radius 1 is 1.36 bits per heavy atom. The third-order valence-corrected chi connectivity index (χ3v) is 6.87. The molecule has 1 aromatic heterocycles. The summed E-state index contributed by atoms with van der Waals surface area (Å²) in [7, 11) is 0. The van der Waals surface area contributed by atoms with Gasteiger partial charge in [-0.2, -0.15) is 0 Å². The second-order valence-electron chi connectivity index (χ2n) is 5.45. The van der Waals surface area contributed by atoms with Gasteiger partial charge in [-0.25, -0.2) is 0 Å². The van der Waals surface area contributed by atoms with E-state index in [4.69, 9.17) is 0 Å². The molecule has 0 bridgehead atoms. The number of fused-ring (bicyclic) bond motifs is 2. The Labute approximate surface area is 143 Å². The van der Waals surface area contributed by atoms with Gasteiger partial charge in [0.1, 0.15) is 0 Å². The molecule has 5 heteroatoms. The molecule has 0 atom stereocenters. The SMILES string of the molecule is CCCC1=C(c2cc(SC)c3ccsc3c2)N2CCN=C2S1. The number of hydrogen-bond acceptors (Lipinski definition) is 5. The predicted molar refractivity (Wildman–Crippen MR) is 102 cm³/mol. The molecule has 0 saturated carbocycles. The highest BCUT2D eigenvalue weighted by molar-refractivity contribution is 8.17. The highest BCUT2D eigenvalue weighted by Crippen LogP contribution is 2.45. The number of allylic oxidation sites excluding steroid dienone is 1. The van der Waals surface area contributed by atoms with E-state index in [-0.39, 0.29) is 0 Å². The van der Waals surface area contributed by atoms with Gasteiger partial charge in [-0.15, -0.1) is 23.1 Å². The van der Waals surface area contributed by atoms with Crippen LogP contribution >= 0.6 is 34.9 Å². The molecule has 3 heterocycles. The number of hydrogen-bond donors (Lipinski definition) is 0. The molecule has 2 aliphatic rings. The number of aliphatic imine (C=N–C) groups is 1. The molecule has 0 N–H and O–H groups in total. The maximum absolute atomic E-state index is 4.66. The lowest BCUT2D eigenvalue weighted by Crippen LogP contribution is -2.20. The van der Waals surface area contributed by atoms with Crippen LogP contribution in [0, 0.1) is 0 Å². The zero-order valence-electron chi connectivity index (χ0n) is 12.8. The van der Waals surface area contributed by atoms with E-state index in [0.29, 0.717) is 0 Å². The van der Waals surface area contributed by atoms with Crippen molar-refractivity contribution in [3.05, 3.63) is 34.0 Å². The summed E-state index contributed by atoms with van der Waals surface area (Å²) in [4.78, 5) is 9.96. The molecule has 2 aromatic rings. The van der Waals surface area contributed by atoms with Crippen LogP contribution in [-0.4, -0.2) is 29.4 Å². The molecule has 0 amide bonds. The fraction of sp³-hybridized carbons (Fsp3) is 0.353. The van der Waals surface area contributed by atoms with Crippen molar-refractivity contribution in [2.75, 3.05) is 19.3 Å². The van der Waals surface area contributed by atoms with Gasteiger partial charge in [-0.1, -0.05) is 25.1 Å². The molecule has 2 nitrogen and oxygen atoms in total. The first-order chi connectivity index (χ1) is 10.8. The Morgan fingerprint density at radius 2 is 2.27 bits per heavy atom. The van der Waals surface area contributed by atoms with Crippen LogP contribution in [0.25, 0.3) is 15.8 Å². The zero-order chi connectivity index (χ0) is 15.1. The lowest BCUT2D eigenvalue weighted by atomic mass is 10.1. The summed E-state index contributed by atoms with van der Waals surface area (Å²) in [6, 6.07) is 6.97. The van der Waals surface area contributed by atoms with Crippen LogP contribution in [0.1, 0.15) is 25.3 Å². The summed E-state index contributed by atoms with van der Waals surface area (Å²) >= 11 is 5.56. The lowest BCUT2D eigenvalue weighted by Gasteiger charge is -2.18. The predicted octanol–water partition coefficient (Wildman–Crippen LogP) is 5.51. The van der Waals surface area contributed by atoms with Crippen LogP contribution in [0.4, 0.5) is 0 Å². The number of amidine groups is 1. The van der Waals surface area contributed by atoms with E-state index in [1.54, 1.807) is 0 Å². The largest absolute Gasteiger partial charge is 0.318 e. The van der Waals surface area contributed by atoms with Crippen molar-refractivity contribution in [1.82, 2.24) is 4.90 Å². The number of rotatable bonds is 4. The van der Waals surface area contributed by atoms with Gasteiger partial charge >= 0.3 is 0 Å². The zero-order valence-corrected chi connectivity index (χ0v) is 15.2. The third-order valence-electron chi connectivity index (χ3n) is 4.05. The van der Waals surface area contributed by atoms with Gasteiger partial charge in [0.25, 0.3) is 0 Å². The molecule has 0 saturated heterocycles. The average Bonchev–Trinajstić information content (AvgIpc) is 3.20. The van der Waals surface area contributed by atoms with Crippen LogP contribution in [-0.2, 0) is 0 Å². The molecule has 0 spiro atoms. The van der Waals surface area contributed by atoms with Crippen molar-refractivity contribution in [2.45, 2.75) is 24.7 Å². The normalized spacial score (nSPS) is 17.5. The molecular formula is C17H18N2S3. The highest BCUT2D eigenvalue weighted by Gasteiger charge is 2.32. The number of benzene rings is 1. The van der Waals surface area contributed by atoms with E-state index in [2.05, 4.69) is 46.7 Å². The smallest absolute Gasteiger partial charge is 0.168 e. The Morgan fingerprint density at radius 3 is 3.09 bits per heavy atom. The molecule has 1 aromatic carbocycles. The molecule has 22 heavy (non-hydrogen) atoms. The molecular weight excluding hydrogens is 328 g/mol. The second-order valence-corrected chi connectivity index (χ2v) is 8.31. The lowest BCUT2D eigenvalue weighted by molar-refractivity contribution is 0.645. The van der Waals surface area contributed by atoms with Crippen molar-refractivity contribution in [2.24, 2.45) is 4.99 Å². The number of nitrogens with zero attached hydrogens (tertiary/aromatic N) is 2. The average molecular weight is 347 g/mol. The van der Waals surface area contributed by atoms with Gasteiger partial charge in [0.05, 0.1) is 12.2 Å². The minimum atomic E-state index is 0.932. The molecule has 2 aliphatic heterocycles.